The number of benzene rings is 3. The molecule has 3 nitrogen and oxygen atoms in total. The minimum atomic E-state index is -3.69. The predicted molar refractivity (Wildman–Crippen MR) is 112 cm³/mol. The fourth-order valence-electron chi connectivity index (χ4n) is 3.47. The number of hydrogen-bond acceptors (Lipinski definition) is 2. The minimum absolute atomic E-state index is 0.183. The van der Waals surface area contributed by atoms with Gasteiger partial charge in [0.15, 0.2) is 0 Å². The Bertz CT molecular complexity index is 1120. The van der Waals surface area contributed by atoms with Crippen molar-refractivity contribution >= 4 is 10.0 Å². The van der Waals surface area contributed by atoms with Crippen LogP contribution < -0.4 is 0 Å². The van der Waals surface area contributed by atoms with Crippen LogP contribution in [0.5, 0.6) is 0 Å². The zero-order valence-electron chi connectivity index (χ0n) is 15.6. The van der Waals surface area contributed by atoms with Crippen LogP contribution in [0.15, 0.2) is 108 Å². The number of hydrogen-bond donors (Lipinski definition) is 0. The molecule has 1 aromatic heterocycles. The summed E-state index contributed by atoms with van der Waals surface area (Å²) in [6.45, 7) is 1.94. The van der Waals surface area contributed by atoms with Gasteiger partial charge < -0.3 is 0 Å². The van der Waals surface area contributed by atoms with Crippen LogP contribution in [-0.2, 0) is 10.0 Å². The number of nitrogens with zero attached hydrogens (tertiary/aromatic N) is 1. The van der Waals surface area contributed by atoms with Crippen molar-refractivity contribution < 1.29 is 8.42 Å². The van der Waals surface area contributed by atoms with Crippen LogP contribution in [0.25, 0.3) is 0 Å². The Hall–Kier alpha value is -3.11. The van der Waals surface area contributed by atoms with Gasteiger partial charge in [0.25, 0.3) is 10.0 Å². The number of aryl methyl sites for hydroxylation is 1. The molecule has 140 valence electrons. The third-order valence-corrected chi connectivity index (χ3v) is 6.60. The van der Waals surface area contributed by atoms with E-state index in [1.165, 1.54) is 3.97 Å². The summed E-state index contributed by atoms with van der Waals surface area (Å²) in [6, 6.07) is 30.6. The lowest BCUT2D eigenvalue weighted by Crippen LogP contribution is -2.18. The Balaban J connectivity index is 1.89. The molecule has 4 heteroatoms. The van der Waals surface area contributed by atoms with Crippen LogP contribution >= 0.6 is 0 Å². The molecule has 0 unspecified atom stereocenters. The first-order valence-corrected chi connectivity index (χ1v) is 10.6. The zero-order valence-corrected chi connectivity index (χ0v) is 16.4. The molecule has 3 aromatic carbocycles. The first-order chi connectivity index (χ1) is 13.6. The maximum atomic E-state index is 13.4. The summed E-state index contributed by atoms with van der Waals surface area (Å²) in [5, 5.41) is 0. The molecule has 4 aromatic rings. The fourth-order valence-corrected chi connectivity index (χ4v) is 4.85. The minimum Gasteiger partial charge on any atom is -0.245 e. The summed E-state index contributed by atoms with van der Waals surface area (Å²) < 4.78 is 28.1. The summed E-state index contributed by atoms with van der Waals surface area (Å²) in [4.78, 5) is 0.287. The summed E-state index contributed by atoms with van der Waals surface area (Å²) in [5.74, 6) is -0.183. The van der Waals surface area contributed by atoms with Crippen molar-refractivity contribution in [3.8, 4) is 0 Å². The van der Waals surface area contributed by atoms with Crippen LogP contribution in [0.3, 0.4) is 0 Å². The van der Waals surface area contributed by atoms with E-state index in [1.807, 2.05) is 85.8 Å². The highest BCUT2D eigenvalue weighted by Crippen LogP contribution is 2.33. The second kappa shape index (κ2) is 7.49. The molecule has 0 saturated heterocycles. The van der Waals surface area contributed by atoms with E-state index in [9.17, 15) is 8.42 Å². The van der Waals surface area contributed by atoms with Gasteiger partial charge in [0.1, 0.15) is 0 Å². The Morgan fingerprint density at radius 1 is 0.679 bits per heavy atom. The monoisotopic (exact) mass is 387 g/mol. The first-order valence-electron chi connectivity index (χ1n) is 9.17. The van der Waals surface area contributed by atoms with E-state index in [1.54, 1.807) is 24.4 Å². The van der Waals surface area contributed by atoms with Gasteiger partial charge in [-0.15, -0.1) is 0 Å². The van der Waals surface area contributed by atoms with E-state index in [0.29, 0.717) is 0 Å². The van der Waals surface area contributed by atoms with Crippen molar-refractivity contribution in [1.82, 2.24) is 3.97 Å². The van der Waals surface area contributed by atoms with Gasteiger partial charge >= 0.3 is 0 Å². The Morgan fingerprint density at radius 2 is 1.21 bits per heavy atom. The number of rotatable bonds is 5. The molecule has 0 atom stereocenters. The van der Waals surface area contributed by atoms with Crippen molar-refractivity contribution in [3.63, 3.8) is 0 Å². The molecule has 0 aliphatic heterocycles. The average Bonchev–Trinajstić information content (AvgIpc) is 3.20. The lowest BCUT2D eigenvalue weighted by atomic mass is 9.89. The zero-order chi connectivity index (χ0) is 19.6. The molecule has 0 N–H and O–H groups in total. The largest absolute Gasteiger partial charge is 0.267 e. The topological polar surface area (TPSA) is 39.1 Å². The van der Waals surface area contributed by atoms with Gasteiger partial charge in [-0.2, -0.15) is 0 Å². The molecule has 28 heavy (non-hydrogen) atoms. The van der Waals surface area contributed by atoms with Gasteiger partial charge in [0, 0.05) is 11.9 Å². The Labute approximate surface area is 166 Å². The fraction of sp³-hybridized carbons (Fsp3) is 0.0833. The van der Waals surface area contributed by atoms with Gasteiger partial charge in [-0.1, -0.05) is 78.4 Å². The van der Waals surface area contributed by atoms with Crippen molar-refractivity contribution in [1.29, 1.82) is 0 Å². The van der Waals surface area contributed by atoms with E-state index in [-0.39, 0.29) is 10.8 Å². The average molecular weight is 388 g/mol. The van der Waals surface area contributed by atoms with Crippen molar-refractivity contribution in [2.24, 2.45) is 0 Å². The molecule has 4 rings (SSSR count). The third-order valence-electron chi connectivity index (χ3n) is 4.88. The molecule has 0 bridgehead atoms. The predicted octanol–water partition coefficient (Wildman–Crippen LogP) is 5.21. The Morgan fingerprint density at radius 3 is 1.75 bits per heavy atom. The lowest BCUT2D eigenvalue weighted by Gasteiger charge is -2.21. The molecular weight excluding hydrogens is 366 g/mol. The summed E-state index contributed by atoms with van der Waals surface area (Å²) in [6.07, 6.45) is 1.63. The molecule has 0 saturated carbocycles. The molecule has 1 heterocycles. The smallest absolute Gasteiger partial charge is 0.245 e. The van der Waals surface area contributed by atoms with Gasteiger partial charge in [0.05, 0.1) is 10.8 Å². The van der Waals surface area contributed by atoms with Crippen LogP contribution in [0, 0.1) is 6.92 Å². The van der Waals surface area contributed by atoms with Crippen molar-refractivity contribution in [2.45, 2.75) is 17.7 Å². The molecule has 0 spiro atoms. The highest BCUT2D eigenvalue weighted by molar-refractivity contribution is 7.90. The molecular formula is C24H21NO2S. The second-order valence-corrected chi connectivity index (χ2v) is 8.62. The molecule has 0 aliphatic rings. The van der Waals surface area contributed by atoms with Crippen molar-refractivity contribution in [3.05, 3.63) is 126 Å². The van der Waals surface area contributed by atoms with Crippen LogP contribution in [0.1, 0.15) is 28.3 Å². The molecule has 0 amide bonds. The van der Waals surface area contributed by atoms with Crippen LogP contribution in [0.4, 0.5) is 0 Å². The third kappa shape index (κ3) is 3.39. The van der Waals surface area contributed by atoms with Gasteiger partial charge in [-0.3, -0.25) is 0 Å². The lowest BCUT2D eigenvalue weighted by molar-refractivity contribution is 0.584. The molecule has 0 aliphatic carbocycles. The second-order valence-electron chi connectivity index (χ2n) is 6.80. The van der Waals surface area contributed by atoms with E-state index in [4.69, 9.17) is 0 Å². The summed E-state index contributed by atoms with van der Waals surface area (Å²) in [7, 11) is -3.69. The van der Waals surface area contributed by atoms with E-state index in [0.717, 1.165) is 22.4 Å². The first kappa shape index (κ1) is 18.3. The SMILES string of the molecule is Cc1ccc(S(=O)(=O)n2cccc2C(c2ccccc2)c2ccccc2)cc1. The quantitative estimate of drug-likeness (QED) is 0.471. The standard InChI is InChI=1S/C24H21NO2S/c1-19-14-16-22(17-15-19)28(26,27)25-18-8-13-23(25)24(20-9-4-2-5-10-20)21-11-6-3-7-12-21/h2-18,24H,1H3. The highest BCUT2D eigenvalue weighted by atomic mass is 32.2. The summed E-state index contributed by atoms with van der Waals surface area (Å²) >= 11 is 0. The van der Waals surface area contributed by atoms with Gasteiger partial charge in [0.2, 0.25) is 0 Å². The van der Waals surface area contributed by atoms with E-state index < -0.39 is 10.0 Å². The number of aromatic nitrogens is 1. The highest BCUT2D eigenvalue weighted by Gasteiger charge is 2.26. The van der Waals surface area contributed by atoms with Crippen molar-refractivity contribution in [2.75, 3.05) is 0 Å². The maximum absolute atomic E-state index is 13.4. The van der Waals surface area contributed by atoms with E-state index >= 15 is 0 Å². The van der Waals surface area contributed by atoms with Gasteiger partial charge in [-0.25, -0.2) is 12.4 Å². The molecule has 0 fully saturated rings. The summed E-state index contributed by atoms with van der Waals surface area (Å²) in [5.41, 5.74) is 3.84. The van der Waals surface area contributed by atoms with Crippen LogP contribution in [0.2, 0.25) is 0 Å². The Kier molecular flexibility index (Phi) is 4.88. The maximum Gasteiger partial charge on any atom is 0.267 e. The van der Waals surface area contributed by atoms with Crippen LogP contribution in [-0.4, -0.2) is 12.4 Å². The molecule has 0 radical (unpaired) electrons. The van der Waals surface area contributed by atoms with Gasteiger partial charge in [-0.05, 0) is 42.3 Å². The normalized spacial score (nSPS) is 11.6. The van der Waals surface area contributed by atoms with E-state index in [2.05, 4.69) is 0 Å².